The number of imidazole rings is 1. The molecule has 102 valence electrons. The summed E-state index contributed by atoms with van der Waals surface area (Å²) >= 11 is 1.44. The molecule has 20 heavy (non-hydrogen) atoms. The smallest absolute Gasteiger partial charge is 0.268 e. The van der Waals surface area contributed by atoms with Crippen molar-refractivity contribution in [1.29, 1.82) is 0 Å². The molecule has 1 N–H and O–H groups in total. The summed E-state index contributed by atoms with van der Waals surface area (Å²) in [5.41, 5.74) is 2.37. The summed E-state index contributed by atoms with van der Waals surface area (Å²) < 4.78 is 7.02. The van der Waals surface area contributed by atoms with E-state index in [1.165, 1.54) is 11.3 Å². The predicted octanol–water partition coefficient (Wildman–Crippen LogP) is 2.43. The second kappa shape index (κ2) is 4.97. The number of nitrogens with one attached hydrogen (secondary N) is 1. The van der Waals surface area contributed by atoms with Crippen LogP contribution < -0.4 is 10.1 Å². The highest BCUT2D eigenvalue weighted by molar-refractivity contribution is 7.15. The average molecular weight is 287 g/mol. The Morgan fingerprint density at radius 2 is 2.30 bits per heavy atom. The van der Waals surface area contributed by atoms with Crippen molar-refractivity contribution in [1.82, 2.24) is 14.7 Å². The molecule has 0 aliphatic heterocycles. The van der Waals surface area contributed by atoms with E-state index in [9.17, 15) is 4.79 Å². The molecule has 6 heteroatoms. The van der Waals surface area contributed by atoms with Crippen LogP contribution in [-0.2, 0) is 0 Å². The molecule has 1 amide bonds. The van der Waals surface area contributed by atoms with Crippen LogP contribution in [0.25, 0.3) is 16.2 Å². The van der Waals surface area contributed by atoms with E-state index >= 15 is 0 Å². The molecule has 0 bridgehead atoms. The molecule has 0 unspecified atom stereocenters. The van der Waals surface area contributed by atoms with Crippen molar-refractivity contribution in [3.63, 3.8) is 0 Å². The number of hydrogen-bond acceptors (Lipinski definition) is 4. The highest BCUT2D eigenvalue weighted by Crippen LogP contribution is 2.26. The van der Waals surface area contributed by atoms with E-state index in [4.69, 9.17) is 4.74 Å². The fourth-order valence-corrected chi connectivity index (χ4v) is 2.85. The quantitative estimate of drug-likeness (QED) is 0.805. The van der Waals surface area contributed by atoms with Crippen molar-refractivity contribution >= 4 is 22.2 Å². The molecule has 0 radical (unpaired) electrons. The number of amides is 1. The summed E-state index contributed by atoms with van der Waals surface area (Å²) in [6.07, 6.45) is 1.87. The van der Waals surface area contributed by atoms with Crippen LogP contribution in [-0.4, -0.2) is 29.4 Å². The van der Waals surface area contributed by atoms with Gasteiger partial charge in [0.1, 0.15) is 11.4 Å². The maximum absolute atomic E-state index is 11.8. The minimum Gasteiger partial charge on any atom is -0.497 e. The van der Waals surface area contributed by atoms with Gasteiger partial charge in [0.25, 0.3) is 5.91 Å². The van der Waals surface area contributed by atoms with Crippen molar-refractivity contribution in [3.8, 4) is 17.0 Å². The number of benzene rings is 1. The van der Waals surface area contributed by atoms with Gasteiger partial charge in [0.2, 0.25) is 0 Å². The lowest BCUT2D eigenvalue weighted by Gasteiger charge is -2.01. The normalized spacial score (nSPS) is 10.7. The van der Waals surface area contributed by atoms with Crippen LogP contribution in [0.3, 0.4) is 0 Å². The number of aromatic nitrogens is 2. The van der Waals surface area contributed by atoms with E-state index in [0.717, 1.165) is 22.0 Å². The number of fused-ring (bicyclic) bond motifs is 1. The lowest BCUT2D eigenvalue weighted by atomic mass is 10.1. The van der Waals surface area contributed by atoms with Gasteiger partial charge in [0.15, 0.2) is 4.96 Å². The van der Waals surface area contributed by atoms with Crippen LogP contribution in [0.4, 0.5) is 0 Å². The summed E-state index contributed by atoms with van der Waals surface area (Å²) in [6.45, 7) is 0. The molecule has 2 aromatic heterocycles. The number of methoxy groups -OCH3 is 1. The van der Waals surface area contributed by atoms with Gasteiger partial charge >= 0.3 is 0 Å². The number of rotatable bonds is 3. The first-order valence-corrected chi connectivity index (χ1v) is 6.94. The molecule has 0 saturated carbocycles. The summed E-state index contributed by atoms with van der Waals surface area (Å²) in [6, 6.07) is 7.69. The molecule has 5 nitrogen and oxygen atoms in total. The first-order valence-electron chi connectivity index (χ1n) is 6.06. The molecule has 0 saturated heterocycles. The zero-order valence-electron chi connectivity index (χ0n) is 11.1. The molecule has 0 aliphatic carbocycles. The average Bonchev–Trinajstić information content (AvgIpc) is 3.06. The molecule has 0 spiro atoms. The second-order valence-corrected chi connectivity index (χ2v) is 5.05. The zero-order chi connectivity index (χ0) is 14.1. The second-order valence-electron chi connectivity index (χ2n) is 4.21. The lowest BCUT2D eigenvalue weighted by molar-refractivity contribution is 0.0957. The van der Waals surface area contributed by atoms with Crippen LogP contribution in [0.5, 0.6) is 5.75 Å². The topological polar surface area (TPSA) is 55.6 Å². The van der Waals surface area contributed by atoms with E-state index in [-0.39, 0.29) is 5.91 Å². The molecule has 3 aromatic rings. The largest absolute Gasteiger partial charge is 0.497 e. The van der Waals surface area contributed by atoms with Gasteiger partial charge in [-0.25, -0.2) is 4.98 Å². The van der Waals surface area contributed by atoms with Gasteiger partial charge in [0, 0.05) is 24.2 Å². The summed E-state index contributed by atoms with van der Waals surface area (Å²) in [5.74, 6) is 0.663. The van der Waals surface area contributed by atoms with Crippen LogP contribution in [0.15, 0.2) is 35.8 Å². The summed E-state index contributed by atoms with van der Waals surface area (Å²) in [4.78, 5) is 17.1. The first kappa shape index (κ1) is 12.7. The maximum atomic E-state index is 11.8. The Labute approximate surface area is 119 Å². The molecule has 0 atom stereocenters. The Hall–Kier alpha value is -2.34. The van der Waals surface area contributed by atoms with Gasteiger partial charge in [0.05, 0.1) is 12.8 Å². The number of carbonyl (C=O) groups excluding carboxylic acids is 1. The minimum absolute atomic E-state index is 0.120. The number of ether oxygens (including phenoxy) is 1. The van der Waals surface area contributed by atoms with Crippen molar-refractivity contribution in [2.24, 2.45) is 0 Å². The monoisotopic (exact) mass is 287 g/mol. The zero-order valence-corrected chi connectivity index (χ0v) is 11.9. The molecule has 3 rings (SSSR count). The van der Waals surface area contributed by atoms with E-state index in [2.05, 4.69) is 10.3 Å². The fourth-order valence-electron chi connectivity index (χ4n) is 2.00. The van der Waals surface area contributed by atoms with E-state index < -0.39 is 0 Å². The van der Waals surface area contributed by atoms with Crippen LogP contribution >= 0.6 is 11.3 Å². The van der Waals surface area contributed by atoms with Crippen LogP contribution in [0, 0.1) is 0 Å². The third-order valence-electron chi connectivity index (χ3n) is 3.03. The molecular formula is C14H13N3O2S. The Morgan fingerprint density at radius 3 is 3.05 bits per heavy atom. The number of hydrogen-bond donors (Lipinski definition) is 1. The standard InChI is InChI=1S/C14H13N3O2S/c1-15-13(18)12-8-20-14-16-11(7-17(12)14)9-4-3-5-10(6-9)19-2/h3-8H,1-2H3,(H,15,18). The maximum Gasteiger partial charge on any atom is 0.268 e. The van der Waals surface area contributed by atoms with E-state index in [1.54, 1.807) is 23.9 Å². The Morgan fingerprint density at radius 1 is 1.45 bits per heavy atom. The van der Waals surface area contributed by atoms with Gasteiger partial charge in [-0.3, -0.25) is 9.20 Å². The Bertz CT molecular complexity index is 776. The Balaban J connectivity index is 2.08. The third-order valence-corrected chi connectivity index (χ3v) is 3.87. The van der Waals surface area contributed by atoms with Gasteiger partial charge in [-0.2, -0.15) is 0 Å². The third kappa shape index (κ3) is 2.04. The van der Waals surface area contributed by atoms with Gasteiger partial charge in [-0.15, -0.1) is 11.3 Å². The fraction of sp³-hybridized carbons (Fsp3) is 0.143. The molecular weight excluding hydrogens is 274 g/mol. The van der Waals surface area contributed by atoms with Crippen molar-refractivity contribution in [3.05, 3.63) is 41.5 Å². The minimum atomic E-state index is -0.120. The molecule has 2 heterocycles. The lowest BCUT2D eigenvalue weighted by Crippen LogP contribution is -2.19. The van der Waals surface area contributed by atoms with Crippen LogP contribution in [0.1, 0.15) is 10.5 Å². The SMILES string of the molecule is CNC(=O)c1csc2nc(-c3cccc(OC)c3)cn12. The van der Waals surface area contributed by atoms with E-state index in [0.29, 0.717) is 5.69 Å². The highest BCUT2D eigenvalue weighted by Gasteiger charge is 2.14. The highest BCUT2D eigenvalue weighted by atomic mass is 32.1. The molecule has 0 aliphatic rings. The molecule has 0 fully saturated rings. The first-order chi connectivity index (χ1) is 9.72. The summed E-state index contributed by atoms with van der Waals surface area (Å²) in [7, 11) is 3.25. The number of nitrogens with zero attached hydrogens (tertiary/aromatic N) is 2. The van der Waals surface area contributed by atoms with Gasteiger partial charge in [-0.05, 0) is 12.1 Å². The Kier molecular flexibility index (Phi) is 3.15. The van der Waals surface area contributed by atoms with Gasteiger partial charge < -0.3 is 10.1 Å². The summed E-state index contributed by atoms with van der Waals surface area (Å²) in [5, 5.41) is 4.43. The predicted molar refractivity (Wildman–Crippen MR) is 78.4 cm³/mol. The van der Waals surface area contributed by atoms with Crippen molar-refractivity contribution in [2.75, 3.05) is 14.2 Å². The van der Waals surface area contributed by atoms with Crippen molar-refractivity contribution in [2.45, 2.75) is 0 Å². The number of carbonyl (C=O) groups is 1. The molecule has 1 aromatic carbocycles. The number of thiazole rings is 1. The van der Waals surface area contributed by atoms with Crippen molar-refractivity contribution < 1.29 is 9.53 Å². The van der Waals surface area contributed by atoms with Gasteiger partial charge in [-0.1, -0.05) is 12.1 Å². The van der Waals surface area contributed by atoms with Crippen LogP contribution in [0.2, 0.25) is 0 Å². The van der Waals surface area contributed by atoms with E-state index in [1.807, 2.05) is 30.5 Å².